The number of nitrogens with zero attached hydrogens (tertiary/aromatic N) is 1. The van der Waals surface area contributed by atoms with E-state index in [4.69, 9.17) is 32.7 Å². The number of rotatable bonds is 6. The van der Waals surface area contributed by atoms with Crippen molar-refractivity contribution in [3.63, 3.8) is 0 Å². The van der Waals surface area contributed by atoms with Gasteiger partial charge in [-0.1, -0.05) is 59.6 Å². The number of ether oxygens (including phenoxy) is 2. The molecule has 7 nitrogen and oxygen atoms in total. The molecule has 1 saturated heterocycles. The van der Waals surface area contributed by atoms with E-state index in [0.717, 1.165) is 10.5 Å². The Hall–Kier alpha value is -3.81. The third kappa shape index (κ3) is 4.76. The van der Waals surface area contributed by atoms with Crippen LogP contribution in [0.1, 0.15) is 11.1 Å². The zero-order chi connectivity index (χ0) is 24.2. The van der Waals surface area contributed by atoms with Gasteiger partial charge in [0, 0.05) is 10.6 Å². The van der Waals surface area contributed by atoms with Gasteiger partial charge in [0.05, 0.1) is 17.8 Å². The van der Waals surface area contributed by atoms with Crippen molar-refractivity contribution in [1.82, 2.24) is 5.32 Å². The molecule has 9 heteroatoms. The minimum absolute atomic E-state index is 0.172. The van der Waals surface area contributed by atoms with Crippen molar-refractivity contribution in [3.05, 3.63) is 93.5 Å². The van der Waals surface area contributed by atoms with Crippen LogP contribution in [0.2, 0.25) is 10.0 Å². The lowest BCUT2D eigenvalue weighted by Crippen LogP contribution is -2.54. The molecule has 0 radical (unpaired) electrons. The fourth-order valence-corrected chi connectivity index (χ4v) is 3.75. The minimum atomic E-state index is -0.874. The molecule has 3 aromatic carbocycles. The average molecular weight is 497 g/mol. The maximum atomic E-state index is 13.1. The summed E-state index contributed by atoms with van der Waals surface area (Å²) in [7, 11) is 1.48. The normalized spacial score (nSPS) is 14.9. The molecule has 1 N–H and O–H groups in total. The second-order valence-corrected chi connectivity index (χ2v) is 8.01. The Bertz CT molecular complexity index is 1320. The summed E-state index contributed by atoms with van der Waals surface area (Å²) in [6.07, 6.45) is 1.37. The van der Waals surface area contributed by atoms with Gasteiger partial charge in [0.25, 0.3) is 11.8 Å². The summed E-state index contributed by atoms with van der Waals surface area (Å²) >= 11 is 12.3. The van der Waals surface area contributed by atoms with E-state index >= 15 is 0 Å². The first-order valence-electron chi connectivity index (χ1n) is 10.1. The number of benzene rings is 3. The molecule has 1 heterocycles. The summed E-state index contributed by atoms with van der Waals surface area (Å²) < 4.78 is 11.3. The van der Waals surface area contributed by atoms with Gasteiger partial charge < -0.3 is 9.47 Å². The number of anilines is 1. The van der Waals surface area contributed by atoms with Crippen LogP contribution in [0.3, 0.4) is 0 Å². The Morgan fingerprint density at radius 3 is 2.32 bits per heavy atom. The van der Waals surface area contributed by atoms with Crippen LogP contribution >= 0.6 is 23.2 Å². The Kier molecular flexibility index (Phi) is 6.86. The summed E-state index contributed by atoms with van der Waals surface area (Å²) in [6, 6.07) is 17.7. The highest BCUT2D eigenvalue weighted by atomic mass is 35.5. The molecule has 4 amide bonds. The topological polar surface area (TPSA) is 84.9 Å². The van der Waals surface area contributed by atoms with Crippen LogP contribution in [-0.4, -0.2) is 25.0 Å². The van der Waals surface area contributed by atoms with Gasteiger partial charge in [-0.2, -0.15) is 0 Å². The van der Waals surface area contributed by atoms with Gasteiger partial charge in [-0.3, -0.25) is 14.9 Å². The van der Waals surface area contributed by atoms with Crippen molar-refractivity contribution in [2.24, 2.45) is 0 Å². The number of methoxy groups -OCH3 is 1. The van der Waals surface area contributed by atoms with Crippen molar-refractivity contribution in [2.45, 2.75) is 6.61 Å². The van der Waals surface area contributed by atoms with Gasteiger partial charge in [0.15, 0.2) is 11.5 Å². The molecule has 0 unspecified atom stereocenters. The second-order valence-electron chi connectivity index (χ2n) is 7.20. The first-order chi connectivity index (χ1) is 16.4. The average Bonchev–Trinajstić information content (AvgIpc) is 2.82. The lowest BCUT2D eigenvalue weighted by Gasteiger charge is -2.27. The van der Waals surface area contributed by atoms with Gasteiger partial charge in [0.1, 0.15) is 12.2 Å². The van der Waals surface area contributed by atoms with E-state index in [1.54, 1.807) is 42.5 Å². The first kappa shape index (κ1) is 23.4. The molecule has 0 saturated carbocycles. The van der Waals surface area contributed by atoms with Gasteiger partial charge in [-0.15, -0.1) is 0 Å². The highest BCUT2D eigenvalue weighted by Crippen LogP contribution is 2.32. The Labute approximate surface area is 205 Å². The van der Waals surface area contributed by atoms with E-state index in [-0.39, 0.29) is 22.9 Å². The summed E-state index contributed by atoms with van der Waals surface area (Å²) in [5, 5.41) is 2.95. The van der Waals surface area contributed by atoms with E-state index in [1.165, 1.54) is 19.3 Å². The molecule has 0 aromatic heterocycles. The molecule has 1 fully saturated rings. The quantitative estimate of drug-likeness (QED) is 0.372. The standard InChI is InChI=1S/C25H18Cl2N2O5/c1-33-22-13-15(10-11-21(22)34-14-16-6-2-3-7-18(16)26)12-17-23(30)28-25(32)29(24(17)31)20-9-5-4-8-19(20)27/h2-13H,14H2,1H3,(H,28,30,32)/b17-12+. The van der Waals surface area contributed by atoms with E-state index in [0.29, 0.717) is 22.1 Å². The molecule has 0 atom stereocenters. The summed E-state index contributed by atoms with van der Waals surface area (Å²) in [4.78, 5) is 38.7. The number of hydrogen-bond acceptors (Lipinski definition) is 5. The number of carbonyl (C=O) groups excluding carboxylic acids is 3. The molecule has 172 valence electrons. The fourth-order valence-electron chi connectivity index (χ4n) is 3.34. The van der Waals surface area contributed by atoms with Crippen molar-refractivity contribution >= 4 is 52.8 Å². The van der Waals surface area contributed by atoms with Crippen LogP contribution in [0.5, 0.6) is 11.5 Å². The Morgan fingerprint density at radius 1 is 0.912 bits per heavy atom. The Morgan fingerprint density at radius 2 is 1.62 bits per heavy atom. The van der Waals surface area contributed by atoms with Gasteiger partial charge in [0.2, 0.25) is 0 Å². The number of para-hydroxylation sites is 1. The van der Waals surface area contributed by atoms with Crippen molar-refractivity contribution in [1.29, 1.82) is 0 Å². The van der Waals surface area contributed by atoms with Crippen LogP contribution in [0, 0.1) is 0 Å². The lowest BCUT2D eigenvalue weighted by atomic mass is 10.1. The number of amides is 4. The molecular formula is C25H18Cl2N2O5. The van der Waals surface area contributed by atoms with Gasteiger partial charge in [-0.25, -0.2) is 9.69 Å². The van der Waals surface area contributed by atoms with E-state index in [2.05, 4.69) is 5.32 Å². The largest absolute Gasteiger partial charge is 0.493 e. The van der Waals surface area contributed by atoms with E-state index in [9.17, 15) is 14.4 Å². The monoisotopic (exact) mass is 496 g/mol. The fraction of sp³-hybridized carbons (Fsp3) is 0.0800. The minimum Gasteiger partial charge on any atom is -0.493 e. The molecule has 0 spiro atoms. The van der Waals surface area contributed by atoms with Crippen LogP contribution in [0.15, 0.2) is 72.3 Å². The van der Waals surface area contributed by atoms with E-state index in [1.807, 2.05) is 18.2 Å². The molecule has 1 aliphatic heterocycles. The summed E-state index contributed by atoms with van der Waals surface area (Å²) in [5.41, 5.74) is 1.25. The number of barbiturate groups is 1. The van der Waals surface area contributed by atoms with Crippen molar-refractivity contribution in [2.75, 3.05) is 12.0 Å². The number of halogens is 2. The first-order valence-corrected chi connectivity index (χ1v) is 10.8. The van der Waals surface area contributed by atoms with E-state index < -0.39 is 17.8 Å². The van der Waals surface area contributed by atoms with Crippen molar-refractivity contribution in [3.8, 4) is 11.5 Å². The Balaban J connectivity index is 1.61. The molecule has 0 bridgehead atoms. The molecule has 1 aliphatic rings. The molecule has 3 aromatic rings. The zero-order valence-electron chi connectivity index (χ0n) is 17.9. The molecule has 34 heavy (non-hydrogen) atoms. The summed E-state index contributed by atoms with van der Waals surface area (Å²) in [6.45, 7) is 0.228. The maximum Gasteiger partial charge on any atom is 0.335 e. The number of carbonyl (C=O) groups is 3. The van der Waals surface area contributed by atoms with Crippen LogP contribution in [0.4, 0.5) is 10.5 Å². The number of hydrogen-bond donors (Lipinski definition) is 1. The lowest BCUT2D eigenvalue weighted by molar-refractivity contribution is -0.122. The molecular weight excluding hydrogens is 479 g/mol. The predicted molar refractivity (Wildman–Crippen MR) is 129 cm³/mol. The maximum absolute atomic E-state index is 13.1. The third-order valence-corrected chi connectivity index (χ3v) is 5.72. The van der Waals surface area contributed by atoms with Gasteiger partial charge in [-0.05, 0) is 42.0 Å². The highest BCUT2D eigenvalue weighted by Gasteiger charge is 2.37. The number of nitrogens with one attached hydrogen (secondary N) is 1. The zero-order valence-corrected chi connectivity index (χ0v) is 19.4. The van der Waals surface area contributed by atoms with Crippen molar-refractivity contribution < 1.29 is 23.9 Å². The molecule has 4 rings (SSSR count). The van der Waals surface area contributed by atoms with Crippen LogP contribution in [0.25, 0.3) is 6.08 Å². The highest BCUT2D eigenvalue weighted by molar-refractivity contribution is 6.42. The summed E-state index contributed by atoms with van der Waals surface area (Å²) in [5.74, 6) is -0.753. The smallest absolute Gasteiger partial charge is 0.335 e. The SMILES string of the molecule is COc1cc(/C=C2\C(=O)NC(=O)N(c3ccccc3Cl)C2=O)ccc1OCc1ccccc1Cl. The van der Waals surface area contributed by atoms with Gasteiger partial charge >= 0.3 is 6.03 Å². The predicted octanol–water partition coefficient (Wildman–Crippen LogP) is 5.25. The van der Waals surface area contributed by atoms with Crippen LogP contribution in [-0.2, 0) is 16.2 Å². The number of imide groups is 2. The number of urea groups is 1. The molecule has 0 aliphatic carbocycles. The second kappa shape index (κ2) is 9.99. The third-order valence-electron chi connectivity index (χ3n) is 5.03. The van der Waals surface area contributed by atoms with Crippen LogP contribution < -0.4 is 19.7 Å².